The molecule has 3 atom stereocenters. The number of rotatable bonds is 2. The van der Waals surface area contributed by atoms with Crippen LogP contribution in [0.1, 0.15) is 6.42 Å². The second-order valence-corrected chi connectivity index (χ2v) is 5.20. The molecule has 0 saturated carbocycles. The van der Waals surface area contributed by atoms with Crippen molar-refractivity contribution in [1.82, 2.24) is 19.5 Å². The molecule has 3 rings (SSSR count). The molecule has 0 spiro atoms. The van der Waals surface area contributed by atoms with Gasteiger partial charge < -0.3 is 19.9 Å². The maximum Gasteiger partial charge on any atom is 0.332 e. The van der Waals surface area contributed by atoms with E-state index in [1.807, 2.05) is 9.97 Å². The number of halogens is 2. The van der Waals surface area contributed by atoms with E-state index in [2.05, 4.69) is 0 Å². The van der Waals surface area contributed by atoms with Crippen LogP contribution < -0.4 is 22.5 Å². The molecule has 1 saturated heterocycles. The Morgan fingerprint density at radius 3 is 2.50 bits per heavy atom. The summed E-state index contributed by atoms with van der Waals surface area (Å²) in [6.07, 6.45) is -1.17. The first-order chi connectivity index (χ1) is 12.2. The van der Waals surface area contributed by atoms with Crippen LogP contribution >= 0.6 is 0 Å². The third-order valence-electron chi connectivity index (χ3n) is 3.36. The smallest absolute Gasteiger partial charge is 0.332 e. The van der Waals surface area contributed by atoms with E-state index >= 15 is 0 Å². The minimum atomic E-state index is -2.56. The van der Waals surface area contributed by atoms with Gasteiger partial charge in [0.1, 0.15) is 6.10 Å². The Kier molecular flexibility index (Phi) is 5.64. The first-order valence-corrected chi connectivity index (χ1v) is 7.12. The number of hydrogen-bond donors (Lipinski definition) is 5. The lowest BCUT2D eigenvalue weighted by Crippen LogP contribution is -2.41. The first kappa shape index (κ1) is 19.4. The number of ether oxygens (including phenoxy) is 1. The molecule has 3 heterocycles. The first-order valence-electron chi connectivity index (χ1n) is 7.12. The van der Waals surface area contributed by atoms with E-state index in [-0.39, 0.29) is 0 Å². The van der Waals surface area contributed by atoms with Crippen molar-refractivity contribution >= 4 is 0 Å². The average molecular weight is 376 g/mol. The van der Waals surface area contributed by atoms with Gasteiger partial charge in [0.25, 0.3) is 17.1 Å². The number of aromatic nitrogens is 4. The fraction of sp³-hybridized carbons (Fsp3) is 0.385. The molecule has 13 heteroatoms. The van der Waals surface area contributed by atoms with Crippen LogP contribution in [0.5, 0.6) is 0 Å². The maximum absolute atomic E-state index is 14.3. The Labute approximate surface area is 141 Å². The van der Waals surface area contributed by atoms with Crippen molar-refractivity contribution in [3.05, 3.63) is 66.0 Å². The highest BCUT2D eigenvalue weighted by Crippen LogP contribution is 2.35. The number of aliphatic hydroxyl groups is 2. The van der Waals surface area contributed by atoms with E-state index in [1.165, 1.54) is 0 Å². The minimum absolute atomic E-state index is 0.496. The highest BCUT2D eigenvalue weighted by molar-refractivity contribution is 4.91. The summed E-state index contributed by atoms with van der Waals surface area (Å²) in [6, 6.07) is 0.963. The van der Waals surface area contributed by atoms with E-state index in [0.29, 0.717) is 10.8 Å². The average Bonchev–Trinajstić information content (AvgIpc) is 2.86. The second-order valence-electron chi connectivity index (χ2n) is 5.20. The molecule has 0 bridgehead atoms. The summed E-state index contributed by atoms with van der Waals surface area (Å²) < 4.78 is 31.6. The zero-order valence-corrected chi connectivity index (χ0v) is 12.9. The number of alkyl halides is 1. The molecule has 1 fully saturated rings. The van der Waals surface area contributed by atoms with Crippen molar-refractivity contribution in [3.8, 4) is 0 Å². The van der Waals surface area contributed by atoms with Gasteiger partial charge in [-0.25, -0.2) is 14.2 Å². The molecular weight excluding hydrogens is 362 g/mol. The lowest BCUT2D eigenvalue weighted by molar-refractivity contribution is -0.205. The fourth-order valence-corrected chi connectivity index (χ4v) is 2.14. The number of H-pyrrole nitrogens is 3. The quantitative estimate of drug-likeness (QED) is 0.384. The molecule has 0 radical (unpaired) electrons. The summed E-state index contributed by atoms with van der Waals surface area (Å²) in [5.74, 6) is -3.55. The van der Waals surface area contributed by atoms with Gasteiger partial charge in [0, 0.05) is 18.5 Å². The highest BCUT2D eigenvalue weighted by Gasteiger charge is 2.48. The summed E-state index contributed by atoms with van der Waals surface area (Å²) in [4.78, 5) is 48.1. The summed E-state index contributed by atoms with van der Waals surface area (Å²) in [5.41, 5.74) is -3.35. The summed E-state index contributed by atoms with van der Waals surface area (Å²) in [7, 11) is 0. The molecule has 142 valence electrons. The van der Waals surface area contributed by atoms with E-state index in [9.17, 15) is 33.1 Å². The summed E-state index contributed by atoms with van der Waals surface area (Å²) in [6.45, 7) is -0.565. The third kappa shape index (κ3) is 4.19. The zero-order chi connectivity index (χ0) is 19.5. The van der Waals surface area contributed by atoms with Gasteiger partial charge in [-0.3, -0.25) is 19.6 Å². The molecule has 0 aromatic carbocycles. The molecule has 0 amide bonds. The molecule has 5 N–H and O–H groups in total. The van der Waals surface area contributed by atoms with Gasteiger partial charge in [-0.1, -0.05) is 0 Å². The molecule has 1 aliphatic rings. The van der Waals surface area contributed by atoms with Crippen molar-refractivity contribution in [2.24, 2.45) is 0 Å². The SMILES string of the molecule is O=c1[nH]cc(F)c(=O)[nH]1.O=c1ccn([C@@]2(F)C[C@H](O)[C@@H](CO)O2)c(=O)[nH]1. The Morgan fingerprint density at radius 2 is 2.00 bits per heavy atom. The topological polar surface area (TPSA) is 170 Å². The monoisotopic (exact) mass is 376 g/mol. The van der Waals surface area contributed by atoms with E-state index < -0.39 is 59.5 Å². The van der Waals surface area contributed by atoms with Gasteiger partial charge in [-0.05, 0) is 0 Å². The van der Waals surface area contributed by atoms with Crippen molar-refractivity contribution < 1.29 is 23.7 Å². The lowest BCUT2D eigenvalue weighted by atomic mass is 10.2. The molecular formula is C13H14F2N4O7. The third-order valence-corrected chi connectivity index (χ3v) is 3.36. The molecule has 1 aliphatic heterocycles. The number of aliphatic hydroxyl groups excluding tert-OH is 2. The predicted molar refractivity (Wildman–Crippen MR) is 80.6 cm³/mol. The highest BCUT2D eigenvalue weighted by atomic mass is 19.2. The second kappa shape index (κ2) is 7.55. The number of nitrogens with zero attached hydrogens (tertiary/aromatic N) is 1. The number of nitrogens with one attached hydrogen (secondary N) is 3. The maximum atomic E-state index is 14.3. The molecule has 0 unspecified atom stereocenters. The number of hydrogen-bond acceptors (Lipinski definition) is 7. The molecule has 2 aromatic heterocycles. The summed E-state index contributed by atoms with van der Waals surface area (Å²) >= 11 is 0. The Bertz CT molecular complexity index is 997. The van der Waals surface area contributed by atoms with Crippen LogP contribution in [0.2, 0.25) is 0 Å². The minimum Gasteiger partial charge on any atom is -0.394 e. The van der Waals surface area contributed by atoms with E-state index in [4.69, 9.17) is 9.84 Å². The lowest BCUT2D eigenvalue weighted by Gasteiger charge is -2.21. The van der Waals surface area contributed by atoms with Crippen LogP contribution in [0.25, 0.3) is 0 Å². The van der Waals surface area contributed by atoms with Gasteiger partial charge in [-0.2, -0.15) is 8.78 Å². The predicted octanol–water partition coefficient (Wildman–Crippen LogP) is -2.54. The van der Waals surface area contributed by atoms with Crippen LogP contribution in [-0.2, 0) is 10.7 Å². The van der Waals surface area contributed by atoms with Crippen molar-refractivity contribution in [3.63, 3.8) is 0 Å². The Balaban J connectivity index is 0.000000228. The van der Waals surface area contributed by atoms with Crippen molar-refractivity contribution in [1.29, 1.82) is 0 Å². The zero-order valence-electron chi connectivity index (χ0n) is 12.9. The Hall–Kier alpha value is -2.90. The van der Waals surface area contributed by atoms with Gasteiger partial charge in [0.15, 0.2) is 0 Å². The standard InChI is InChI=1S/C9H11FN2O5.C4H3FN2O2/c10-9(3-5(14)6(4-13)17-9)12-2-1-7(15)11-8(12)16;5-2-1-6-4(9)7-3(2)8/h1-2,5-6,13-14H,3-4H2,(H,11,15,16);1H,(H2,6,7,8,9)/t5-,6+,9-;/m0./s1. The molecule has 26 heavy (non-hydrogen) atoms. The van der Waals surface area contributed by atoms with Crippen LogP contribution in [0, 0.1) is 5.82 Å². The normalized spacial score (nSPS) is 24.8. The Morgan fingerprint density at radius 1 is 1.31 bits per heavy atom. The van der Waals surface area contributed by atoms with Crippen LogP contribution in [0.3, 0.4) is 0 Å². The molecule has 0 aliphatic carbocycles. The van der Waals surface area contributed by atoms with Crippen molar-refractivity contribution in [2.45, 2.75) is 24.6 Å². The van der Waals surface area contributed by atoms with Crippen LogP contribution in [0.4, 0.5) is 8.78 Å². The molecule has 2 aromatic rings. The summed E-state index contributed by atoms with van der Waals surface area (Å²) in [5, 5.41) is 18.3. The van der Waals surface area contributed by atoms with Gasteiger partial charge in [0.2, 0.25) is 5.82 Å². The van der Waals surface area contributed by atoms with Gasteiger partial charge in [0.05, 0.1) is 19.1 Å². The van der Waals surface area contributed by atoms with Gasteiger partial charge >= 0.3 is 11.4 Å². The number of aromatic amines is 3. The molecule has 11 nitrogen and oxygen atoms in total. The van der Waals surface area contributed by atoms with E-state index in [0.717, 1.165) is 12.3 Å². The fourth-order valence-electron chi connectivity index (χ4n) is 2.14. The van der Waals surface area contributed by atoms with Crippen LogP contribution in [-0.4, -0.2) is 48.5 Å². The van der Waals surface area contributed by atoms with Crippen molar-refractivity contribution in [2.75, 3.05) is 6.61 Å². The van der Waals surface area contributed by atoms with E-state index in [1.54, 1.807) is 4.98 Å². The van der Waals surface area contributed by atoms with Gasteiger partial charge in [-0.15, -0.1) is 0 Å². The van der Waals surface area contributed by atoms with Crippen LogP contribution in [0.15, 0.2) is 37.6 Å². The largest absolute Gasteiger partial charge is 0.394 e.